The van der Waals surface area contributed by atoms with E-state index < -0.39 is 105 Å². The average Bonchev–Trinajstić information content (AvgIpc) is 2.89. The molecule has 2 rings (SSSR count). The predicted molar refractivity (Wildman–Crippen MR) is 128 cm³/mol. The molecule has 10 atom stereocenters. The summed E-state index contributed by atoms with van der Waals surface area (Å²) in [5, 5.41) is 30.0. The molecule has 2 aliphatic rings. The zero-order chi connectivity index (χ0) is 30.7. The van der Waals surface area contributed by atoms with Crippen LogP contribution in [0.15, 0.2) is 0 Å². The Hall–Kier alpha value is -2.48. The lowest BCUT2D eigenvalue weighted by Crippen LogP contribution is -2.63. The minimum atomic E-state index is -1.39. The molecule has 0 unspecified atom stereocenters. The van der Waals surface area contributed by atoms with Crippen LogP contribution >= 0.6 is 0 Å². The second kappa shape index (κ2) is 16.8. The Morgan fingerprint density at radius 3 is 1.83 bits per heavy atom. The topological polar surface area (TPSA) is 221 Å². The van der Waals surface area contributed by atoms with E-state index in [1.165, 1.54) is 7.11 Å². The molecule has 2 heterocycles. The van der Waals surface area contributed by atoms with E-state index in [0.717, 1.165) is 27.7 Å². The summed E-state index contributed by atoms with van der Waals surface area (Å²) in [5.41, 5.74) is 0. The molecule has 0 radical (unpaired) electrons. The summed E-state index contributed by atoms with van der Waals surface area (Å²) < 4.78 is 53.4. The van der Waals surface area contributed by atoms with Gasteiger partial charge in [0.25, 0.3) is 0 Å². The Bertz CT molecular complexity index is 851. The minimum Gasteiger partial charge on any atom is -0.463 e. The van der Waals surface area contributed by atoms with Crippen molar-refractivity contribution in [1.82, 2.24) is 0 Å². The number of ether oxygens (including phenoxy) is 10. The first-order valence-electron chi connectivity index (χ1n) is 12.7. The first kappa shape index (κ1) is 34.7. The van der Waals surface area contributed by atoms with Gasteiger partial charge in [0.1, 0.15) is 43.9 Å². The van der Waals surface area contributed by atoms with Crippen molar-refractivity contribution in [3.8, 4) is 0 Å². The summed E-state index contributed by atoms with van der Waals surface area (Å²) in [5.74, 6) is -2.99. The Morgan fingerprint density at radius 2 is 1.27 bits per heavy atom. The van der Waals surface area contributed by atoms with Gasteiger partial charge in [-0.3, -0.25) is 19.2 Å². The van der Waals surface area contributed by atoms with Crippen molar-refractivity contribution in [3.63, 3.8) is 0 Å². The molecule has 0 aromatic heterocycles. The van der Waals surface area contributed by atoms with Gasteiger partial charge in [0, 0.05) is 34.8 Å². The van der Waals surface area contributed by atoms with Crippen LogP contribution in [0.25, 0.3) is 0 Å². The standard InChI is InChI=1S/C24H38O17/c1-11(26)35-9-16-19(37-12(2)27)21(38-13(3)28)22(39-14(4)29)24(41-16)34-7-6-33-10-36-20-17(30)15(8-25)40-23(32-5)18(20)31/h15-25,30-31H,6-10H2,1-5H3/t15-,16-,17-,18+,19-,20+,21+,22+,23+,24+/m1/s1. The van der Waals surface area contributed by atoms with E-state index >= 15 is 0 Å². The molecule has 2 aliphatic heterocycles. The quantitative estimate of drug-likeness (QED) is 0.0815. The largest absolute Gasteiger partial charge is 0.463 e. The van der Waals surface area contributed by atoms with E-state index in [2.05, 4.69) is 0 Å². The number of hydrogen-bond acceptors (Lipinski definition) is 17. The fraction of sp³-hybridized carbons (Fsp3) is 0.833. The van der Waals surface area contributed by atoms with Gasteiger partial charge >= 0.3 is 23.9 Å². The van der Waals surface area contributed by atoms with Crippen LogP contribution in [0.3, 0.4) is 0 Å². The molecule has 2 fully saturated rings. The molecule has 0 spiro atoms. The summed E-state index contributed by atoms with van der Waals surface area (Å²) in [6.45, 7) is 2.74. The van der Waals surface area contributed by atoms with Crippen molar-refractivity contribution in [1.29, 1.82) is 0 Å². The Labute approximate surface area is 235 Å². The van der Waals surface area contributed by atoms with Crippen LogP contribution in [0.5, 0.6) is 0 Å². The van der Waals surface area contributed by atoms with Gasteiger partial charge in [0.05, 0.1) is 19.8 Å². The molecular weight excluding hydrogens is 560 g/mol. The van der Waals surface area contributed by atoms with Gasteiger partial charge in [-0.15, -0.1) is 0 Å². The van der Waals surface area contributed by atoms with Gasteiger partial charge in [0.15, 0.2) is 30.9 Å². The number of aliphatic hydroxyl groups is 3. The maximum Gasteiger partial charge on any atom is 0.303 e. The maximum atomic E-state index is 11.9. The van der Waals surface area contributed by atoms with Crippen LogP contribution in [0.4, 0.5) is 0 Å². The van der Waals surface area contributed by atoms with Crippen molar-refractivity contribution in [2.75, 3.05) is 40.3 Å². The fourth-order valence-corrected chi connectivity index (χ4v) is 4.18. The normalized spacial score (nSPS) is 33.5. The number of rotatable bonds is 14. The SMILES string of the molecule is CO[C@H]1O[C@H](CO)[C@@H](O)[C@H](OCOCCO[C@H]2O[C@H](COC(C)=O)[C@@H](OC(C)=O)[C@H](OC(C)=O)[C@@H]2OC(C)=O)[C@@H]1O. The van der Waals surface area contributed by atoms with Crippen molar-refractivity contribution in [2.24, 2.45) is 0 Å². The highest BCUT2D eigenvalue weighted by Gasteiger charge is 2.53. The molecular formula is C24H38O17. The number of hydrogen-bond donors (Lipinski definition) is 3. The molecule has 17 nitrogen and oxygen atoms in total. The Kier molecular flexibility index (Phi) is 14.3. The van der Waals surface area contributed by atoms with E-state index in [0.29, 0.717) is 0 Å². The van der Waals surface area contributed by atoms with Gasteiger partial charge in [-0.1, -0.05) is 0 Å². The van der Waals surface area contributed by atoms with E-state index in [9.17, 15) is 34.5 Å². The number of carbonyl (C=O) groups is 4. The van der Waals surface area contributed by atoms with Crippen LogP contribution in [0, 0.1) is 0 Å². The third-order valence-electron chi connectivity index (χ3n) is 5.86. The zero-order valence-corrected chi connectivity index (χ0v) is 23.4. The highest BCUT2D eigenvalue weighted by atomic mass is 16.7. The molecule has 236 valence electrons. The van der Waals surface area contributed by atoms with Crippen LogP contribution in [0.2, 0.25) is 0 Å². The lowest BCUT2D eigenvalue weighted by Gasteiger charge is -2.44. The van der Waals surface area contributed by atoms with Crippen molar-refractivity contribution in [2.45, 2.75) is 89.1 Å². The third kappa shape index (κ3) is 10.4. The molecule has 17 heteroatoms. The van der Waals surface area contributed by atoms with Gasteiger partial charge in [-0.25, -0.2) is 0 Å². The predicted octanol–water partition coefficient (Wildman–Crippen LogP) is -2.47. The third-order valence-corrected chi connectivity index (χ3v) is 5.86. The summed E-state index contributed by atoms with van der Waals surface area (Å²) in [6.07, 6.45) is -12.8. The summed E-state index contributed by atoms with van der Waals surface area (Å²) in [4.78, 5) is 46.9. The number of methoxy groups -OCH3 is 1. The maximum absolute atomic E-state index is 11.9. The summed E-state index contributed by atoms with van der Waals surface area (Å²) in [6, 6.07) is 0. The molecule has 0 saturated carbocycles. The van der Waals surface area contributed by atoms with Gasteiger partial charge in [-0.05, 0) is 0 Å². The first-order valence-corrected chi connectivity index (χ1v) is 12.7. The average molecular weight is 599 g/mol. The van der Waals surface area contributed by atoms with Crippen LogP contribution in [-0.2, 0) is 66.5 Å². The Balaban J connectivity index is 2.05. The molecule has 0 aromatic rings. The number of carbonyl (C=O) groups excluding carboxylic acids is 4. The lowest BCUT2D eigenvalue weighted by atomic mass is 9.98. The van der Waals surface area contributed by atoms with E-state index in [1.807, 2.05) is 0 Å². The van der Waals surface area contributed by atoms with Crippen LogP contribution in [-0.4, -0.2) is 141 Å². The Morgan fingerprint density at radius 1 is 0.683 bits per heavy atom. The van der Waals surface area contributed by atoms with E-state index in [1.54, 1.807) is 0 Å². The van der Waals surface area contributed by atoms with Gasteiger partial charge in [-0.2, -0.15) is 0 Å². The lowest BCUT2D eigenvalue weighted by molar-refractivity contribution is -0.315. The summed E-state index contributed by atoms with van der Waals surface area (Å²) >= 11 is 0. The highest BCUT2D eigenvalue weighted by molar-refractivity contribution is 5.68. The summed E-state index contributed by atoms with van der Waals surface area (Å²) in [7, 11) is 1.28. The van der Waals surface area contributed by atoms with Crippen molar-refractivity contribution in [3.05, 3.63) is 0 Å². The molecule has 2 saturated heterocycles. The van der Waals surface area contributed by atoms with Crippen molar-refractivity contribution < 1.29 is 81.9 Å². The monoisotopic (exact) mass is 598 g/mol. The van der Waals surface area contributed by atoms with Gasteiger partial charge < -0.3 is 62.7 Å². The first-order chi connectivity index (χ1) is 19.4. The highest BCUT2D eigenvalue weighted by Crippen LogP contribution is 2.30. The molecule has 0 aromatic carbocycles. The molecule has 41 heavy (non-hydrogen) atoms. The van der Waals surface area contributed by atoms with Gasteiger partial charge in [0.2, 0.25) is 0 Å². The fourth-order valence-electron chi connectivity index (χ4n) is 4.18. The second-order valence-corrected chi connectivity index (χ2v) is 9.04. The minimum absolute atomic E-state index is 0.139. The van der Waals surface area contributed by atoms with Crippen LogP contribution in [0.1, 0.15) is 27.7 Å². The molecule has 0 aliphatic carbocycles. The molecule has 0 amide bonds. The number of aliphatic hydroxyl groups excluding tert-OH is 3. The molecule has 0 bridgehead atoms. The van der Waals surface area contributed by atoms with Crippen LogP contribution < -0.4 is 0 Å². The second-order valence-electron chi connectivity index (χ2n) is 9.04. The van der Waals surface area contributed by atoms with E-state index in [-0.39, 0.29) is 13.2 Å². The smallest absolute Gasteiger partial charge is 0.303 e. The van der Waals surface area contributed by atoms with E-state index in [4.69, 9.17) is 47.4 Å². The van der Waals surface area contributed by atoms with Crippen molar-refractivity contribution >= 4 is 23.9 Å². The molecule has 3 N–H and O–H groups in total. The number of esters is 4. The zero-order valence-electron chi connectivity index (χ0n) is 23.4.